The van der Waals surface area contributed by atoms with Gasteiger partial charge in [-0.2, -0.15) is 0 Å². The molecule has 40 heavy (non-hydrogen) atoms. The largest absolute Gasteiger partial charge is 0.508 e. The standard InChI is InChI=1S/C27H22BBrCl2N2O7/c1-32-24(37)26(30)11-18-15(21(27(26,31)25(32)38)17-10-13(29)5-8-19(17)34)6-7-16-20(18)23(36)33(22(16)35)14-4-2-3-12(9-14)28(39)40/h2-6,8-10,16,18,20-21,34,39-40H,7,11H2,1H3/t16-,18+,20-,21+,26+,27-/m0/s1. The molecule has 0 spiro atoms. The van der Waals surface area contributed by atoms with Gasteiger partial charge in [0.25, 0.3) is 11.8 Å². The first-order chi connectivity index (χ1) is 18.8. The number of likely N-dealkylation sites (tertiary alicyclic amines) is 1. The Bertz CT molecular complexity index is 1550. The van der Waals surface area contributed by atoms with Gasteiger partial charge in [-0.15, -0.1) is 23.2 Å². The molecule has 4 amide bonds. The molecule has 13 heteroatoms. The summed E-state index contributed by atoms with van der Waals surface area (Å²) in [4.78, 5) is 52.7. The van der Waals surface area contributed by atoms with Crippen molar-refractivity contribution in [3.05, 3.63) is 64.1 Å². The van der Waals surface area contributed by atoms with Gasteiger partial charge in [0, 0.05) is 23.0 Å². The Labute approximate surface area is 247 Å². The summed E-state index contributed by atoms with van der Waals surface area (Å²) in [5.74, 6) is -6.10. The zero-order valence-electron chi connectivity index (χ0n) is 20.9. The highest BCUT2D eigenvalue weighted by Gasteiger charge is 2.76. The van der Waals surface area contributed by atoms with Gasteiger partial charge in [-0.3, -0.25) is 29.0 Å². The van der Waals surface area contributed by atoms with Crippen LogP contribution in [0.3, 0.4) is 0 Å². The molecule has 1 saturated carbocycles. The molecule has 2 heterocycles. The van der Waals surface area contributed by atoms with Crippen molar-refractivity contribution in [3.8, 4) is 5.75 Å². The van der Waals surface area contributed by atoms with Crippen molar-refractivity contribution in [2.75, 3.05) is 11.9 Å². The normalized spacial score (nSPS) is 33.1. The van der Waals surface area contributed by atoms with Crippen molar-refractivity contribution in [2.24, 2.45) is 17.8 Å². The minimum absolute atomic E-state index is 0.111. The number of hydrogen-bond donors (Lipinski definition) is 3. The highest BCUT2D eigenvalue weighted by atomic mass is 79.9. The number of phenols is 1. The number of nitrogens with zero attached hydrogens (tertiary/aromatic N) is 2. The van der Waals surface area contributed by atoms with Crippen LogP contribution in [0.2, 0.25) is 0 Å². The Morgan fingerprint density at radius 2 is 1.73 bits per heavy atom. The fraction of sp³-hybridized carbons (Fsp3) is 0.333. The summed E-state index contributed by atoms with van der Waals surface area (Å²) in [7, 11) is -0.499. The van der Waals surface area contributed by atoms with E-state index in [0.717, 1.165) is 9.80 Å². The van der Waals surface area contributed by atoms with Crippen molar-refractivity contribution in [3.63, 3.8) is 0 Å². The zero-order valence-corrected chi connectivity index (χ0v) is 24.0. The van der Waals surface area contributed by atoms with E-state index in [1.165, 1.54) is 37.4 Å². The molecule has 2 aromatic carbocycles. The van der Waals surface area contributed by atoms with Crippen LogP contribution in [0, 0.1) is 17.8 Å². The number of imide groups is 2. The molecule has 206 valence electrons. The molecule has 4 aliphatic rings. The average molecular weight is 648 g/mol. The lowest BCUT2D eigenvalue weighted by Gasteiger charge is -2.50. The van der Waals surface area contributed by atoms with Gasteiger partial charge in [-0.05, 0) is 54.6 Å². The van der Waals surface area contributed by atoms with E-state index in [0.29, 0.717) is 10.0 Å². The molecule has 3 N–H and O–H groups in total. The number of benzene rings is 2. The van der Waals surface area contributed by atoms with Crippen LogP contribution in [0.25, 0.3) is 0 Å². The zero-order chi connectivity index (χ0) is 28.9. The van der Waals surface area contributed by atoms with Crippen molar-refractivity contribution in [2.45, 2.75) is 28.5 Å². The lowest BCUT2D eigenvalue weighted by Crippen LogP contribution is -2.60. The Morgan fingerprint density at radius 1 is 1.00 bits per heavy atom. The molecule has 2 aliphatic heterocycles. The Morgan fingerprint density at radius 3 is 2.42 bits per heavy atom. The van der Waals surface area contributed by atoms with E-state index in [1.54, 1.807) is 18.2 Å². The molecule has 9 nitrogen and oxygen atoms in total. The van der Waals surface area contributed by atoms with Gasteiger partial charge in [0.05, 0.1) is 17.5 Å². The Balaban J connectivity index is 1.51. The third kappa shape index (κ3) is 3.48. The number of amides is 4. The molecule has 0 aromatic heterocycles. The number of phenolic OH excluding ortho intramolecular Hbond substituents is 1. The van der Waals surface area contributed by atoms with E-state index in [2.05, 4.69) is 15.9 Å². The third-order valence-corrected chi connectivity index (χ3v) is 10.6. The first-order valence-electron chi connectivity index (χ1n) is 12.6. The molecular weight excluding hydrogens is 626 g/mol. The number of fused-ring (bicyclic) bond motifs is 4. The van der Waals surface area contributed by atoms with E-state index >= 15 is 0 Å². The second-order valence-corrected chi connectivity index (χ2v) is 12.8. The van der Waals surface area contributed by atoms with Gasteiger partial charge in [0.1, 0.15) is 5.75 Å². The first kappa shape index (κ1) is 27.5. The molecule has 3 fully saturated rings. The van der Waals surface area contributed by atoms with Crippen LogP contribution in [-0.2, 0) is 19.2 Å². The van der Waals surface area contributed by atoms with Crippen molar-refractivity contribution in [1.29, 1.82) is 0 Å². The molecule has 6 rings (SSSR count). The second kappa shape index (κ2) is 9.16. The first-order valence-corrected chi connectivity index (χ1v) is 14.1. The van der Waals surface area contributed by atoms with E-state index in [4.69, 9.17) is 23.2 Å². The summed E-state index contributed by atoms with van der Waals surface area (Å²) in [6.45, 7) is 0. The molecule has 6 atom stereocenters. The van der Waals surface area contributed by atoms with E-state index in [1.807, 2.05) is 0 Å². The quantitative estimate of drug-likeness (QED) is 0.201. The van der Waals surface area contributed by atoms with Gasteiger partial charge in [-0.25, -0.2) is 0 Å². The van der Waals surface area contributed by atoms with Gasteiger partial charge in [0.2, 0.25) is 11.8 Å². The van der Waals surface area contributed by atoms with E-state index < -0.39 is 64.2 Å². The maximum Gasteiger partial charge on any atom is 0.488 e. The minimum atomic E-state index is -2.00. The number of aromatic hydroxyl groups is 1. The van der Waals surface area contributed by atoms with Gasteiger partial charge < -0.3 is 15.2 Å². The Kier molecular flexibility index (Phi) is 6.29. The SMILES string of the molecule is CN1C(=O)[C@]2(Cl)C[C@@H]3C(=CC[C@@H]4C(=O)N(c5cccc(B(O)O)c5)C(=O)[C@@H]43)[C@H](c3cc(Br)ccc3O)[C@]2(Cl)C1=O. The lowest BCUT2D eigenvalue weighted by atomic mass is 9.56. The molecule has 0 radical (unpaired) electrons. The number of anilines is 1. The number of carbonyl (C=O) groups is 4. The molecule has 0 unspecified atom stereocenters. The van der Waals surface area contributed by atoms with Crippen molar-refractivity contribution in [1.82, 2.24) is 4.90 Å². The summed E-state index contributed by atoms with van der Waals surface area (Å²) >= 11 is 17.6. The van der Waals surface area contributed by atoms with Crippen LogP contribution >= 0.6 is 39.1 Å². The van der Waals surface area contributed by atoms with Crippen LogP contribution in [0.4, 0.5) is 5.69 Å². The number of allylic oxidation sites excluding steroid dienone is 2. The summed E-state index contributed by atoms with van der Waals surface area (Å²) < 4.78 is 0.589. The van der Waals surface area contributed by atoms with Crippen LogP contribution < -0.4 is 10.4 Å². The highest BCUT2D eigenvalue weighted by molar-refractivity contribution is 9.10. The second-order valence-electron chi connectivity index (χ2n) is 10.7. The fourth-order valence-corrected chi connectivity index (χ4v) is 8.32. The van der Waals surface area contributed by atoms with Crippen molar-refractivity contribution >= 4 is 81.0 Å². The van der Waals surface area contributed by atoms with Crippen molar-refractivity contribution < 1.29 is 34.3 Å². The smallest absolute Gasteiger partial charge is 0.488 e. The maximum atomic E-state index is 14.0. The average Bonchev–Trinajstić information content (AvgIpc) is 3.25. The number of carbonyl (C=O) groups excluding carboxylic acids is 4. The van der Waals surface area contributed by atoms with E-state index in [9.17, 15) is 34.3 Å². The summed E-state index contributed by atoms with van der Waals surface area (Å²) in [5.41, 5.74) is 1.12. The van der Waals surface area contributed by atoms with Crippen LogP contribution in [-0.4, -0.2) is 67.6 Å². The fourth-order valence-electron chi connectivity index (χ4n) is 6.93. The predicted octanol–water partition coefficient (Wildman–Crippen LogP) is 2.03. The molecule has 2 aromatic rings. The number of halogens is 3. The Hall–Kier alpha value is -2.70. The number of hydrogen-bond acceptors (Lipinski definition) is 7. The topological polar surface area (TPSA) is 135 Å². The van der Waals surface area contributed by atoms with Crippen LogP contribution in [0.5, 0.6) is 5.75 Å². The summed E-state index contributed by atoms with van der Waals surface area (Å²) in [5, 5.41) is 30.2. The van der Waals surface area contributed by atoms with Crippen LogP contribution in [0.1, 0.15) is 24.3 Å². The van der Waals surface area contributed by atoms with Gasteiger partial charge in [-0.1, -0.05) is 39.7 Å². The number of rotatable bonds is 3. The highest BCUT2D eigenvalue weighted by Crippen LogP contribution is 2.66. The molecule has 2 aliphatic carbocycles. The number of alkyl halides is 2. The molecule has 2 saturated heterocycles. The maximum absolute atomic E-state index is 14.0. The lowest BCUT2D eigenvalue weighted by molar-refractivity contribution is -0.138. The van der Waals surface area contributed by atoms with Gasteiger partial charge >= 0.3 is 7.12 Å². The monoisotopic (exact) mass is 646 g/mol. The third-order valence-electron chi connectivity index (χ3n) is 8.74. The predicted molar refractivity (Wildman–Crippen MR) is 150 cm³/mol. The van der Waals surface area contributed by atoms with Gasteiger partial charge in [0.15, 0.2) is 9.75 Å². The summed E-state index contributed by atoms with van der Waals surface area (Å²) in [6.07, 6.45) is 1.76. The minimum Gasteiger partial charge on any atom is -0.508 e. The van der Waals surface area contributed by atoms with E-state index in [-0.39, 0.29) is 35.3 Å². The van der Waals surface area contributed by atoms with Crippen LogP contribution in [0.15, 0.2) is 58.6 Å². The molecule has 0 bridgehead atoms. The molecular formula is C27H22BBrCl2N2O7. The summed E-state index contributed by atoms with van der Waals surface area (Å²) in [6, 6.07) is 10.5.